The lowest BCUT2D eigenvalue weighted by Gasteiger charge is -2.38. The van der Waals surface area contributed by atoms with Crippen molar-refractivity contribution in [2.75, 3.05) is 5.32 Å². The number of hydrogen-bond donors (Lipinski definition) is 1. The van der Waals surface area contributed by atoms with Crippen molar-refractivity contribution in [3.8, 4) is 0 Å². The predicted molar refractivity (Wildman–Crippen MR) is 102 cm³/mol. The molecule has 1 nitrogen and oxygen atoms in total. The van der Waals surface area contributed by atoms with Crippen LogP contribution in [0.1, 0.15) is 29.5 Å². The van der Waals surface area contributed by atoms with Crippen molar-refractivity contribution < 1.29 is 0 Å². The summed E-state index contributed by atoms with van der Waals surface area (Å²) in [7, 11) is 0. The number of benzene rings is 3. The van der Waals surface area contributed by atoms with Crippen molar-refractivity contribution >= 4 is 28.1 Å². The molecule has 0 bridgehead atoms. The van der Waals surface area contributed by atoms with Crippen LogP contribution in [0.25, 0.3) is 10.8 Å². The fraction of sp³-hybridized carbons (Fsp3) is 0.182. The third-order valence-electron chi connectivity index (χ3n) is 5.49. The second-order valence-electron chi connectivity index (χ2n) is 6.77. The van der Waals surface area contributed by atoms with E-state index in [1.807, 2.05) is 12.1 Å². The van der Waals surface area contributed by atoms with Crippen LogP contribution in [0.5, 0.6) is 0 Å². The highest BCUT2D eigenvalue weighted by Gasteiger charge is 2.38. The highest BCUT2D eigenvalue weighted by Crippen LogP contribution is 2.51. The summed E-state index contributed by atoms with van der Waals surface area (Å²) in [4.78, 5) is 0. The van der Waals surface area contributed by atoms with Gasteiger partial charge in [0.15, 0.2) is 0 Å². The summed E-state index contributed by atoms with van der Waals surface area (Å²) >= 11 is 6.08. The molecule has 1 N–H and O–H groups in total. The molecule has 0 spiro atoms. The number of hydrogen-bond acceptors (Lipinski definition) is 1. The molecule has 2 aliphatic rings. The molecule has 1 heterocycles. The zero-order valence-electron chi connectivity index (χ0n) is 13.2. The first kappa shape index (κ1) is 14.1. The summed E-state index contributed by atoms with van der Waals surface area (Å²) in [6.45, 7) is 0. The fourth-order valence-electron chi connectivity index (χ4n) is 4.38. The van der Waals surface area contributed by atoms with Gasteiger partial charge in [-0.1, -0.05) is 66.2 Å². The zero-order valence-corrected chi connectivity index (χ0v) is 14.0. The maximum absolute atomic E-state index is 6.08. The first-order valence-corrected chi connectivity index (χ1v) is 8.89. The second-order valence-corrected chi connectivity index (χ2v) is 7.21. The smallest absolute Gasteiger partial charge is 0.0553 e. The van der Waals surface area contributed by atoms with Gasteiger partial charge in [-0.2, -0.15) is 0 Å². The van der Waals surface area contributed by atoms with Crippen molar-refractivity contribution in [2.45, 2.75) is 18.4 Å². The third kappa shape index (κ3) is 2.08. The van der Waals surface area contributed by atoms with Gasteiger partial charge < -0.3 is 5.32 Å². The minimum atomic E-state index is 0.330. The molecule has 2 heteroatoms. The van der Waals surface area contributed by atoms with Gasteiger partial charge in [0.25, 0.3) is 0 Å². The highest BCUT2D eigenvalue weighted by atomic mass is 35.5. The van der Waals surface area contributed by atoms with Gasteiger partial charge in [0.2, 0.25) is 0 Å². The van der Waals surface area contributed by atoms with Gasteiger partial charge in [0.05, 0.1) is 6.04 Å². The average molecular weight is 332 g/mol. The summed E-state index contributed by atoms with van der Waals surface area (Å²) in [6, 6.07) is 21.8. The van der Waals surface area contributed by atoms with E-state index in [4.69, 9.17) is 11.6 Å². The molecular weight excluding hydrogens is 314 g/mol. The summed E-state index contributed by atoms with van der Waals surface area (Å²) in [6.07, 6.45) is 5.87. The van der Waals surface area contributed by atoms with E-state index >= 15 is 0 Å². The molecule has 3 atom stereocenters. The van der Waals surface area contributed by atoms with Crippen LogP contribution in [-0.2, 0) is 0 Å². The maximum atomic E-state index is 6.08. The van der Waals surface area contributed by atoms with Gasteiger partial charge in [-0.05, 0) is 52.4 Å². The van der Waals surface area contributed by atoms with E-state index in [2.05, 4.69) is 66.0 Å². The maximum Gasteiger partial charge on any atom is 0.0553 e. The Morgan fingerprint density at radius 3 is 2.62 bits per heavy atom. The Hall–Kier alpha value is -2.25. The highest BCUT2D eigenvalue weighted by molar-refractivity contribution is 6.30. The number of allylic oxidation sites excluding steroid dienone is 2. The van der Waals surface area contributed by atoms with E-state index in [1.165, 1.54) is 27.6 Å². The molecule has 24 heavy (non-hydrogen) atoms. The largest absolute Gasteiger partial charge is 0.378 e. The molecule has 1 aliphatic carbocycles. The van der Waals surface area contributed by atoms with Gasteiger partial charge in [-0.25, -0.2) is 0 Å². The summed E-state index contributed by atoms with van der Waals surface area (Å²) in [5.41, 5.74) is 4.04. The van der Waals surface area contributed by atoms with Crippen molar-refractivity contribution in [1.29, 1.82) is 0 Å². The van der Waals surface area contributed by atoms with Crippen molar-refractivity contribution in [1.82, 2.24) is 0 Å². The Balaban J connectivity index is 1.67. The van der Waals surface area contributed by atoms with Crippen molar-refractivity contribution in [3.05, 3.63) is 89.0 Å². The molecule has 0 radical (unpaired) electrons. The number of nitrogens with one attached hydrogen (secondary N) is 1. The van der Waals surface area contributed by atoms with Crippen LogP contribution in [0.4, 0.5) is 5.69 Å². The standard InChI is InChI=1S/C22H18ClN/c23-16-11-8-15(9-12-16)22-19-7-3-6-18(19)21-17-5-2-1-4-14(17)10-13-20(21)24-22/h1-6,8-13,18-19,22,24H,7H2/t18-,19-,22-/m0/s1. The molecular formula is C22H18ClN. The zero-order chi connectivity index (χ0) is 16.1. The molecule has 118 valence electrons. The molecule has 0 saturated heterocycles. The topological polar surface area (TPSA) is 12.0 Å². The average Bonchev–Trinajstić information content (AvgIpc) is 3.11. The Labute approximate surface area is 147 Å². The monoisotopic (exact) mass is 331 g/mol. The minimum absolute atomic E-state index is 0.330. The van der Waals surface area contributed by atoms with Gasteiger partial charge >= 0.3 is 0 Å². The Morgan fingerprint density at radius 2 is 1.75 bits per heavy atom. The van der Waals surface area contributed by atoms with E-state index in [1.54, 1.807) is 0 Å². The molecule has 0 saturated carbocycles. The van der Waals surface area contributed by atoms with E-state index in [9.17, 15) is 0 Å². The third-order valence-corrected chi connectivity index (χ3v) is 5.74. The van der Waals surface area contributed by atoms with E-state index in [0.29, 0.717) is 17.9 Å². The minimum Gasteiger partial charge on any atom is -0.378 e. The summed E-state index contributed by atoms with van der Waals surface area (Å²) in [5.74, 6) is 1.04. The van der Waals surface area contributed by atoms with Crippen LogP contribution in [0.2, 0.25) is 5.02 Å². The number of rotatable bonds is 1. The molecule has 3 aromatic rings. The first-order valence-electron chi connectivity index (χ1n) is 8.51. The van der Waals surface area contributed by atoms with Crippen molar-refractivity contribution in [3.63, 3.8) is 0 Å². The van der Waals surface area contributed by atoms with Crippen LogP contribution < -0.4 is 5.32 Å². The quantitative estimate of drug-likeness (QED) is 0.514. The fourth-order valence-corrected chi connectivity index (χ4v) is 4.51. The molecule has 0 amide bonds. The van der Waals surface area contributed by atoms with Crippen LogP contribution in [0, 0.1) is 5.92 Å². The second kappa shape index (κ2) is 5.39. The summed E-state index contributed by atoms with van der Waals surface area (Å²) < 4.78 is 0. The van der Waals surface area contributed by atoms with Crippen molar-refractivity contribution in [2.24, 2.45) is 5.92 Å². The normalized spacial score (nSPS) is 24.5. The molecule has 0 aromatic heterocycles. The Bertz CT molecular complexity index is 942. The lowest BCUT2D eigenvalue weighted by molar-refractivity contribution is 0.427. The van der Waals surface area contributed by atoms with Crippen LogP contribution in [0.3, 0.4) is 0 Å². The SMILES string of the molecule is Clc1ccc([C@@H]2Nc3ccc4ccccc4c3[C@H]3C=CC[C@@H]32)cc1. The van der Waals surface area contributed by atoms with Crippen LogP contribution in [-0.4, -0.2) is 0 Å². The molecule has 5 rings (SSSR count). The van der Waals surface area contributed by atoms with Gasteiger partial charge in [0, 0.05) is 16.6 Å². The van der Waals surface area contributed by atoms with Gasteiger partial charge in [-0.15, -0.1) is 0 Å². The Kier molecular flexibility index (Phi) is 3.17. The predicted octanol–water partition coefficient (Wildman–Crippen LogP) is 6.32. The molecule has 3 aromatic carbocycles. The molecule has 0 fully saturated rings. The van der Waals surface area contributed by atoms with E-state index in [0.717, 1.165) is 11.4 Å². The van der Waals surface area contributed by atoms with E-state index in [-0.39, 0.29) is 0 Å². The van der Waals surface area contributed by atoms with Gasteiger partial charge in [-0.3, -0.25) is 0 Å². The Morgan fingerprint density at radius 1 is 0.917 bits per heavy atom. The summed E-state index contributed by atoms with van der Waals surface area (Å²) in [5, 5.41) is 7.30. The van der Waals surface area contributed by atoms with Crippen LogP contribution >= 0.6 is 11.6 Å². The van der Waals surface area contributed by atoms with Crippen LogP contribution in [0.15, 0.2) is 72.8 Å². The van der Waals surface area contributed by atoms with E-state index < -0.39 is 0 Å². The molecule has 1 aliphatic heterocycles. The van der Waals surface area contributed by atoms with Gasteiger partial charge in [0.1, 0.15) is 0 Å². The lowest BCUT2D eigenvalue weighted by atomic mass is 9.75. The number of halogens is 1. The lowest BCUT2D eigenvalue weighted by Crippen LogP contribution is -2.29. The molecule has 0 unspecified atom stereocenters. The number of fused-ring (bicyclic) bond motifs is 5. The number of anilines is 1. The first-order chi connectivity index (χ1) is 11.8.